The van der Waals surface area contributed by atoms with Crippen LogP contribution in [0.25, 0.3) is 10.9 Å². The van der Waals surface area contributed by atoms with Crippen LogP contribution in [-0.2, 0) is 0 Å². The number of fused-ring (bicyclic) bond motifs is 1. The smallest absolute Gasteiger partial charge is 0.214 e. The van der Waals surface area contributed by atoms with Gasteiger partial charge in [0, 0.05) is 11.5 Å². The lowest BCUT2D eigenvalue weighted by Gasteiger charge is -2.06. The zero-order chi connectivity index (χ0) is 10.7. The number of para-hydroxylation sites is 1. The van der Waals surface area contributed by atoms with E-state index in [-0.39, 0.29) is 0 Å². The van der Waals surface area contributed by atoms with Gasteiger partial charge in [0.15, 0.2) is 0 Å². The monoisotopic (exact) mass is 199 g/mol. The molecule has 0 aliphatic heterocycles. The second-order valence-electron chi connectivity index (χ2n) is 3.39. The number of aromatic nitrogens is 1. The number of benzene rings is 1. The Morgan fingerprint density at radius 1 is 1.40 bits per heavy atom. The van der Waals surface area contributed by atoms with Crippen molar-refractivity contribution in [2.24, 2.45) is 0 Å². The third-order valence-electron chi connectivity index (χ3n) is 2.25. The van der Waals surface area contributed by atoms with Gasteiger partial charge in [-0.05, 0) is 18.6 Å². The van der Waals surface area contributed by atoms with Gasteiger partial charge in [0.2, 0.25) is 5.88 Å². The van der Waals surface area contributed by atoms with E-state index in [1.807, 2.05) is 24.3 Å². The van der Waals surface area contributed by atoms with Gasteiger partial charge in [0.1, 0.15) is 6.61 Å². The molecule has 2 nitrogen and oxygen atoms in total. The Morgan fingerprint density at radius 3 is 3.00 bits per heavy atom. The predicted octanol–water partition coefficient (Wildman–Crippen LogP) is 3.11. The molecule has 1 heterocycles. The molecule has 0 bridgehead atoms. The van der Waals surface area contributed by atoms with Crippen molar-refractivity contribution in [1.82, 2.24) is 4.98 Å². The molecule has 0 fully saturated rings. The van der Waals surface area contributed by atoms with Crippen molar-refractivity contribution >= 4 is 10.9 Å². The normalized spacial score (nSPS) is 10.2. The van der Waals surface area contributed by atoms with E-state index in [1.54, 1.807) is 6.08 Å². The van der Waals surface area contributed by atoms with Crippen molar-refractivity contribution < 1.29 is 4.74 Å². The van der Waals surface area contributed by atoms with Crippen molar-refractivity contribution in [2.75, 3.05) is 6.61 Å². The standard InChI is InChI=1S/C13H13NO/c1-3-8-15-13-9-10(2)11-6-4-5-7-12(11)14-13/h3-7,9H,1,8H2,2H3. The van der Waals surface area contributed by atoms with Crippen LogP contribution in [0.1, 0.15) is 5.56 Å². The molecule has 2 rings (SSSR count). The molecule has 15 heavy (non-hydrogen) atoms. The van der Waals surface area contributed by atoms with E-state index in [0.29, 0.717) is 12.5 Å². The van der Waals surface area contributed by atoms with Gasteiger partial charge in [-0.15, -0.1) is 0 Å². The zero-order valence-electron chi connectivity index (χ0n) is 8.73. The molecular weight excluding hydrogens is 186 g/mol. The molecule has 76 valence electrons. The van der Waals surface area contributed by atoms with Crippen LogP contribution in [0.5, 0.6) is 5.88 Å². The largest absolute Gasteiger partial charge is 0.473 e. The third-order valence-corrected chi connectivity index (χ3v) is 2.25. The molecule has 0 unspecified atom stereocenters. The zero-order valence-corrected chi connectivity index (χ0v) is 8.73. The fraction of sp³-hybridized carbons (Fsp3) is 0.154. The van der Waals surface area contributed by atoms with Crippen LogP contribution in [0.2, 0.25) is 0 Å². The molecule has 0 aliphatic carbocycles. The van der Waals surface area contributed by atoms with Gasteiger partial charge < -0.3 is 4.74 Å². The topological polar surface area (TPSA) is 22.1 Å². The van der Waals surface area contributed by atoms with Crippen LogP contribution in [0.15, 0.2) is 43.0 Å². The second-order valence-corrected chi connectivity index (χ2v) is 3.39. The molecule has 2 heteroatoms. The van der Waals surface area contributed by atoms with Gasteiger partial charge in [0.05, 0.1) is 5.52 Å². The fourth-order valence-corrected chi connectivity index (χ4v) is 1.54. The third kappa shape index (κ3) is 1.99. The summed E-state index contributed by atoms with van der Waals surface area (Å²) >= 11 is 0. The van der Waals surface area contributed by atoms with Crippen molar-refractivity contribution in [1.29, 1.82) is 0 Å². The predicted molar refractivity (Wildman–Crippen MR) is 62.2 cm³/mol. The Hall–Kier alpha value is -1.83. The van der Waals surface area contributed by atoms with Crippen LogP contribution in [-0.4, -0.2) is 11.6 Å². The van der Waals surface area contributed by atoms with E-state index in [9.17, 15) is 0 Å². The molecule has 0 atom stereocenters. The summed E-state index contributed by atoms with van der Waals surface area (Å²) in [6.07, 6.45) is 1.71. The molecule has 0 saturated carbocycles. The Labute approximate surface area is 89.2 Å². The van der Waals surface area contributed by atoms with E-state index >= 15 is 0 Å². The van der Waals surface area contributed by atoms with Gasteiger partial charge in [-0.25, -0.2) is 4.98 Å². The summed E-state index contributed by atoms with van der Waals surface area (Å²) in [4.78, 5) is 4.40. The number of hydrogen-bond donors (Lipinski definition) is 0. The van der Waals surface area contributed by atoms with E-state index in [0.717, 1.165) is 5.52 Å². The first-order chi connectivity index (χ1) is 7.31. The summed E-state index contributed by atoms with van der Waals surface area (Å²) in [5.41, 5.74) is 2.15. The summed E-state index contributed by atoms with van der Waals surface area (Å²) in [5, 5.41) is 1.17. The number of ether oxygens (including phenoxy) is 1. The first-order valence-corrected chi connectivity index (χ1v) is 4.91. The lowest BCUT2D eigenvalue weighted by Crippen LogP contribution is -1.96. The highest BCUT2D eigenvalue weighted by molar-refractivity contribution is 5.82. The Bertz CT molecular complexity index is 491. The minimum absolute atomic E-state index is 0.491. The minimum atomic E-state index is 0.491. The molecule has 0 spiro atoms. The SMILES string of the molecule is C=CCOc1cc(C)c2ccccc2n1. The molecule has 0 aliphatic rings. The van der Waals surface area contributed by atoms with Crippen LogP contribution < -0.4 is 4.74 Å². The van der Waals surface area contributed by atoms with Gasteiger partial charge in [-0.2, -0.15) is 0 Å². The van der Waals surface area contributed by atoms with Gasteiger partial charge >= 0.3 is 0 Å². The van der Waals surface area contributed by atoms with Gasteiger partial charge in [0.25, 0.3) is 0 Å². The summed E-state index contributed by atoms with van der Waals surface area (Å²) < 4.78 is 5.41. The van der Waals surface area contributed by atoms with Crippen molar-refractivity contribution in [3.8, 4) is 5.88 Å². The second kappa shape index (κ2) is 4.13. The highest BCUT2D eigenvalue weighted by atomic mass is 16.5. The quantitative estimate of drug-likeness (QED) is 0.708. The maximum atomic E-state index is 5.41. The van der Waals surface area contributed by atoms with Crippen molar-refractivity contribution in [2.45, 2.75) is 6.92 Å². The minimum Gasteiger partial charge on any atom is -0.473 e. The molecule has 2 aromatic rings. The molecule has 1 aromatic carbocycles. The first-order valence-electron chi connectivity index (χ1n) is 4.91. The van der Waals surface area contributed by atoms with E-state index in [1.165, 1.54) is 10.9 Å². The summed E-state index contributed by atoms with van der Waals surface area (Å²) in [5.74, 6) is 0.658. The first kappa shape index (κ1) is 9.71. The molecular formula is C13H13NO. The van der Waals surface area contributed by atoms with Crippen LogP contribution >= 0.6 is 0 Å². The molecule has 0 radical (unpaired) electrons. The summed E-state index contributed by atoms with van der Waals surface area (Å²) in [7, 11) is 0. The highest BCUT2D eigenvalue weighted by Crippen LogP contribution is 2.20. The van der Waals surface area contributed by atoms with Crippen LogP contribution in [0.3, 0.4) is 0 Å². The summed E-state index contributed by atoms with van der Waals surface area (Å²) in [6, 6.07) is 10.00. The van der Waals surface area contributed by atoms with E-state index < -0.39 is 0 Å². The van der Waals surface area contributed by atoms with E-state index in [2.05, 4.69) is 24.6 Å². The lowest BCUT2D eigenvalue weighted by molar-refractivity contribution is 0.350. The fourth-order valence-electron chi connectivity index (χ4n) is 1.54. The van der Waals surface area contributed by atoms with Crippen molar-refractivity contribution in [3.63, 3.8) is 0 Å². The number of hydrogen-bond acceptors (Lipinski definition) is 2. The number of aryl methyl sites for hydroxylation is 1. The molecule has 1 aromatic heterocycles. The Balaban J connectivity index is 2.47. The average Bonchev–Trinajstić information content (AvgIpc) is 2.26. The Kier molecular flexibility index (Phi) is 2.68. The van der Waals surface area contributed by atoms with Crippen molar-refractivity contribution in [3.05, 3.63) is 48.6 Å². The summed E-state index contributed by atoms with van der Waals surface area (Å²) in [6.45, 7) is 6.16. The van der Waals surface area contributed by atoms with Gasteiger partial charge in [-0.1, -0.05) is 30.9 Å². The van der Waals surface area contributed by atoms with Crippen LogP contribution in [0.4, 0.5) is 0 Å². The average molecular weight is 199 g/mol. The molecule has 0 N–H and O–H groups in total. The molecule has 0 amide bonds. The lowest BCUT2D eigenvalue weighted by atomic mass is 10.1. The highest BCUT2D eigenvalue weighted by Gasteiger charge is 2.01. The maximum absolute atomic E-state index is 5.41. The van der Waals surface area contributed by atoms with E-state index in [4.69, 9.17) is 4.74 Å². The Morgan fingerprint density at radius 2 is 2.20 bits per heavy atom. The number of rotatable bonds is 3. The maximum Gasteiger partial charge on any atom is 0.214 e. The molecule has 0 saturated heterocycles. The number of nitrogens with zero attached hydrogens (tertiary/aromatic N) is 1. The van der Waals surface area contributed by atoms with Crippen LogP contribution in [0, 0.1) is 6.92 Å². The van der Waals surface area contributed by atoms with Gasteiger partial charge in [-0.3, -0.25) is 0 Å². The number of pyridine rings is 1.